The Labute approximate surface area is 565 Å². The SMILES string of the molecule is CC/C=C\C/C=C\C/C=C\C/C=C\C/C=C\C/C=C\C/C=C\C/C=C\C/C=C\CCCCCC(=O)OC(COC(=O)CCCCCCCCCCCCCCCCCCCC/C=C\C/C=C\C/C=C\C/C=C\C/C=C\C/C=C\CC)COP(=O)([O-])OCC[N+](C)(C)C. The number of esters is 2. The lowest BCUT2D eigenvalue weighted by molar-refractivity contribution is -0.870. The zero-order valence-electron chi connectivity index (χ0n) is 59.2. The van der Waals surface area contributed by atoms with Gasteiger partial charge in [-0.3, -0.25) is 14.2 Å². The van der Waals surface area contributed by atoms with E-state index < -0.39 is 32.5 Å². The predicted molar refractivity (Wildman–Crippen MR) is 396 cm³/mol. The fourth-order valence-electron chi connectivity index (χ4n) is 9.42. The van der Waals surface area contributed by atoms with Crippen molar-refractivity contribution in [1.82, 2.24) is 0 Å². The van der Waals surface area contributed by atoms with Crippen LogP contribution in [0.15, 0.2) is 182 Å². The van der Waals surface area contributed by atoms with Crippen LogP contribution in [0.3, 0.4) is 0 Å². The first-order valence-corrected chi connectivity index (χ1v) is 38.0. The van der Waals surface area contributed by atoms with Crippen molar-refractivity contribution in [2.45, 2.75) is 277 Å². The van der Waals surface area contributed by atoms with Crippen LogP contribution in [-0.2, 0) is 32.7 Å². The first-order valence-electron chi connectivity index (χ1n) is 36.5. The number of hydrogen-bond acceptors (Lipinski definition) is 8. The van der Waals surface area contributed by atoms with E-state index in [-0.39, 0.29) is 26.1 Å². The van der Waals surface area contributed by atoms with Crippen LogP contribution >= 0.6 is 7.82 Å². The van der Waals surface area contributed by atoms with E-state index in [1.807, 2.05) is 21.1 Å². The van der Waals surface area contributed by atoms with Crippen molar-refractivity contribution >= 4 is 19.8 Å². The van der Waals surface area contributed by atoms with Crippen molar-refractivity contribution in [1.29, 1.82) is 0 Å². The molecule has 9 nitrogen and oxygen atoms in total. The van der Waals surface area contributed by atoms with Crippen molar-refractivity contribution in [3.8, 4) is 0 Å². The summed E-state index contributed by atoms with van der Waals surface area (Å²) in [7, 11) is 1.12. The summed E-state index contributed by atoms with van der Waals surface area (Å²) < 4.78 is 34.3. The molecule has 0 aromatic heterocycles. The number of ether oxygens (including phenoxy) is 2. The Morgan fingerprint density at radius 3 is 0.880 bits per heavy atom. The highest BCUT2D eigenvalue weighted by molar-refractivity contribution is 7.45. The molecule has 0 saturated carbocycles. The van der Waals surface area contributed by atoms with E-state index in [0.29, 0.717) is 17.4 Å². The lowest BCUT2D eigenvalue weighted by Gasteiger charge is -2.28. The molecule has 0 bridgehead atoms. The first kappa shape index (κ1) is 87.1. The fourth-order valence-corrected chi connectivity index (χ4v) is 10.1. The van der Waals surface area contributed by atoms with Crippen LogP contribution in [0.5, 0.6) is 0 Å². The molecule has 0 aliphatic carbocycles. The van der Waals surface area contributed by atoms with Crippen molar-refractivity contribution in [3.05, 3.63) is 182 Å². The molecule has 2 unspecified atom stereocenters. The van der Waals surface area contributed by atoms with Gasteiger partial charge in [0.25, 0.3) is 7.82 Å². The molecule has 0 saturated heterocycles. The van der Waals surface area contributed by atoms with Crippen LogP contribution in [0.25, 0.3) is 0 Å². The molecule has 0 N–H and O–H groups in total. The fraction of sp³-hybridized carbons (Fsp3) is 0.610. The maximum atomic E-state index is 12.9. The quantitative estimate of drug-likeness (QED) is 0.0195. The highest BCUT2D eigenvalue weighted by Gasteiger charge is 2.22. The molecular formula is C82H134NO8P. The molecule has 0 spiro atoms. The normalized spacial score (nSPS) is 14.2. The molecule has 0 aromatic rings. The molecule has 92 heavy (non-hydrogen) atoms. The molecule has 0 amide bonds. The number of hydrogen-bond donors (Lipinski definition) is 0. The van der Waals surface area contributed by atoms with Crippen LogP contribution in [0.4, 0.5) is 0 Å². The van der Waals surface area contributed by atoms with Gasteiger partial charge in [-0.15, -0.1) is 0 Å². The van der Waals surface area contributed by atoms with Crippen LogP contribution in [-0.4, -0.2) is 70.0 Å². The predicted octanol–water partition coefficient (Wildman–Crippen LogP) is 23.6. The molecule has 10 heteroatoms. The average molecular weight is 1290 g/mol. The number of carbonyl (C=O) groups is 2. The Morgan fingerprint density at radius 2 is 0.587 bits per heavy atom. The van der Waals surface area contributed by atoms with E-state index in [4.69, 9.17) is 18.5 Å². The van der Waals surface area contributed by atoms with Gasteiger partial charge in [0.05, 0.1) is 27.7 Å². The van der Waals surface area contributed by atoms with Crippen LogP contribution in [0, 0.1) is 0 Å². The third-order valence-corrected chi connectivity index (χ3v) is 15.9. The molecule has 2 atom stereocenters. The van der Waals surface area contributed by atoms with Gasteiger partial charge in [0, 0.05) is 12.8 Å². The second-order valence-electron chi connectivity index (χ2n) is 24.8. The summed E-state index contributed by atoms with van der Waals surface area (Å²) >= 11 is 0. The Kier molecular flexibility index (Phi) is 66.7. The van der Waals surface area contributed by atoms with Gasteiger partial charge in [-0.1, -0.05) is 305 Å². The number of allylic oxidation sites excluding steroid dienone is 30. The van der Waals surface area contributed by atoms with Crippen molar-refractivity contribution < 1.29 is 42.1 Å². The third-order valence-electron chi connectivity index (χ3n) is 14.9. The summed E-state index contributed by atoms with van der Waals surface area (Å²) in [6, 6.07) is 0. The second kappa shape index (κ2) is 70.4. The molecule has 0 fully saturated rings. The first-order chi connectivity index (χ1) is 45.0. The Balaban J connectivity index is 4.12. The van der Waals surface area contributed by atoms with E-state index in [2.05, 4.69) is 196 Å². The summed E-state index contributed by atoms with van der Waals surface area (Å²) in [4.78, 5) is 38.1. The molecule has 520 valence electrons. The standard InChI is InChI=1S/C82H134NO8P/c1-6-8-10-12-14-16-18-20-22-24-26-28-30-32-34-36-38-39-40-41-42-43-45-46-48-50-52-54-56-58-60-62-64-66-68-70-72-74-81(84)88-78-80(79-90-92(86,87)89-77-76-83(3,4)5)91-82(85)75-73-71-69-67-65-63-61-59-57-55-53-51-49-47-44-37-35-33-31-29-27-25-23-21-19-17-15-13-11-9-7-2/h8-11,14-17,20-23,26-29,32-35,38-39,44,47,51,53,57,59,63,65,80H,6-7,12-13,18-19,24-25,30-31,36-37,40-43,45-46,48-50,52,54-56,58,60-62,64,66-79H2,1-5H3/b10-8-,11-9-,16-14-,17-15-,22-20-,23-21-,28-26-,29-27-,34-32-,35-33-,39-38-,47-44-,53-51-,59-57-,65-63-. The second-order valence-corrected chi connectivity index (χ2v) is 26.2. The summed E-state index contributed by atoms with van der Waals surface area (Å²) in [6.45, 7) is 3.97. The third kappa shape index (κ3) is 74.2. The molecule has 0 aliphatic rings. The van der Waals surface area contributed by atoms with Gasteiger partial charge in [0.15, 0.2) is 6.10 Å². The number of likely N-dealkylation sites (N-methyl/N-ethyl adjacent to an activating group) is 1. The smallest absolute Gasteiger partial charge is 0.306 e. The van der Waals surface area contributed by atoms with E-state index in [1.54, 1.807) is 0 Å². The lowest BCUT2D eigenvalue weighted by Crippen LogP contribution is -2.37. The summed E-state index contributed by atoms with van der Waals surface area (Å²) in [6.07, 6.45) is 108. The number of rotatable bonds is 65. The number of nitrogens with zero attached hydrogens (tertiary/aromatic N) is 1. The van der Waals surface area contributed by atoms with Gasteiger partial charge in [-0.05, 0) is 135 Å². The summed E-state index contributed by atoms with van der Waals surface area (Å²) in [5.41, 5.74) is 0. The van der Waals surface area contributed by atoms with E-state index in [1.165, 1.54) is 103 Å². The Bertz CT molecular complexity index is 2210. The minimum absolute atomic E-state index is 0.0462. The van der Waals surface area contributed by atoms with E-state index in [9.17, 15) is 19.0 Å². The molecular weight excluding hydrogens is 1160 g/mol. The van der Waals surface area contributed by atoms with Gasteiger partial charge in [-0.2, -0.15) is 0 Å². The van der Waals surface area contributed by atoms with Crippen LogP contribution in [0.2, 0.25) is 0 Å². The lowest BCUT2D eigenvalue weighted by atomic mass is 10.0. The maximum absolute atomic E-state index is 12.9. The average Bonchev–Trinajstić information content (AvgIpc) is 2.14. The van der Waals surface area contributed by atoms with Gasteiger partial charge < -0.3 is 27.9 Å². The zero-order valence-corrected chi connectivity index (χ0v) is 60.1. The molecule has 0 heterocycles. The van der Waals surface area contributed by atoms with Crippen LogP contribution in [0.1, 0.15) is 271 Å². The number of carbonyl (C=O) groups excluding carboxylic acids is 2. The molecule has 0 aliphatic heterocycles. The van der Waals surface area contributed by atoms with Crippen molar-refractivity contribution in [2.75, 3.05) is 47.5 Å². The van der Waals surface area contributed by atoms with Gasteiger partial charge in [0.2, 0.25) is 0 Å². The van der Waals surface area contributed by atoms with Gasteiger partial charge >= 0.3 is 11.9 Å². The molecule has 0 aromatic carbocycles. The summed E-state index contributed by atoms with van der Waals surface area (Å²) in [5.74, 6) is -0.878. The Morgan fingerprint density at radius 1 is 0.337 bits per heavy atom. The summed E-state index contributed by atoms with van der Waals surface area (Å²) in [5, 5.41) is 0. The number of phosphoric ester groups is 1. The number of phosphoric acid groups is 1. The minimum Gasteiger partial charge on any atom is -0.756 e. The van der Waals surface area contributed by atoms with Crippen LogP contribution < -0.4 is 4.89 Å². The molecule has 0 radical (unpaired) electrons. The highest BCUT2D eigenvalue weighted by atomic mass is 31.2. The monoisotopic (exact) mass is 1290 g/mol. The van der Waals surface area contributed by atoms with Gasteiger partial charge in [0.1, 0.15) is 19.8 Å². The van der Waals surface area contributed by atoms with Crippen molar-refractivity contribution in [3.63, 3.8) is 0 Å². The largest absolute Gasteiger partial charge is 0.756 e. The van der Waals surface area contributed by atoms with Crippen molar-refractivity contribution in [2.24, 2.45) is 0 Å². The topological polar surface area (TPSA) is 111 Å². The maximum Gasteiger partial charge on any atom is 0.306 e. The van der Waals surface area contributed by atoms with Gasteiger partial charge in [-0.25, -0.2) is 0 Å². The zero-order chi connectivity index (χ0) is 66.9. The number of unbranched alkanes of at least 4 members (excludes halogenated alkanes) is 21. The molecule has 0 rings (SSSR count). The van der Waals surface area contributed by atoms with E-state index in [0.717, 1.165) is 135 Å². The number of quaternary nitrogens is 1. The minimum atomic E-state index is -4.67. The highest BCUT2D eigenvalue weighted by Crippen LogP contribution is 2.38. The Hall–Kier alpha value is -4.89. The van der Waals surface area contributed by atoms with E-state index >= 15 is 0 Å².